The molecule has 0 radical (unpaired) electrons. The third-order valence-corrected chi connectivity index (χ3v) is 5.78. The highest BCUT2D eigenvalue weighted by atomic mass is 35.5. The Balaban J connectivity index is 1.61. The molecule has 162 valence electrons. The van der Waals surface area contributed by atoms with Gasteiger partial charge in [-0.2, -0.15) is 0 Å². The van der Waals surface area contributed by atoms with Crippen molar-refractivity contribution in [2.75, 3.05) is 25.5 Å². The van der Waals surface area contributed by atoms with Gasteiger partial charge in [-0.1, -0.05) is 56.3 Å². The highest BCUT2D eigenvalue weighted by Gasteiger charge is 2.29. The SMILES string of the molecule is CCCCCCCNC(=O)Oc1ccc2c(c1)CN(C)C(c1cccc(Cl)c1)N2C. The Morgan fingerprint density at radius 3 is 2.70 bits per heavy atom. The normalized spacial score (nSPS) is 16.3. The van der Waals surface area contributed by atoms with Gasteiger partial charge in [0.25, 0.3) is 0 Å². The maximum absolute atomic E-state index is 12.1. The van der Waals surface area contributed by atoms with Crippen LogP contribution in [0.2, 0.25) is 5.02 Å². The number of fused-ring (bicyclic) bond motifs is 1. The fraction of sp³-hybridized carbons (Fsp3) is 0.458. The number of carbonyl (C=O) groups is 1. The van der Waals surface area contributed by atoms with Gasteiger partial charge in [-0.15, -0.1) is 0 Å². The molecule has 0 fully saturated rings. The van der Waals surface area contributed by atoms with E-state index in [1.54, 1.807) is 0 Å². The molecular formula is C24H32ClN3O2. The zero-order valence-corrected chi connectivity index (χ0v) is 18.9. The molecule has 1 unspecified atom stereocenters. The van der Waals surface area contributed by atoms with Gasteiger partial charge in [0.15, 0.2) is 0 Å². The second-order valence-electron chi connectivity index (χ2n) is 7.98. The zero-order chi connectivity index (χ0) is 21.5. The summed E-state index contributed by atoms with van der Waals surface area (Å²) < 4.78 is 5.50. The minimum Gasteiger partial charge on any atom is -0.410 e. The lowest BCUT2D eigenvalue weighted by molar-refractivity contribution is 0.199. The van der Waals surface area contributed by atoms with Crippen LogP contribution in [0.5, 0.6) is 5.75 Å². The van der Waals surface area contributed by atoms with Gasteiger partial charge in [-0.25, -0.2) is 4.79 Å². The number of nitrogens with one attached hydrogen (secondary N) is 1. The van der Waals surface area contributed by atoms with E-state index in [1.807, 2.05) is 36.4 Å². The van der Waals surface area contributed by atoms with Crippen LogP contribution in [0.15, 0.2) is 42.5 Å². The Hall–Kier alpha value is -2.24. The van der Waals surface area contributed by atoms with Gasteiger partial charge in [0.05, 0.1) is 0 Å². The maximum atomic E-state index is 12.1. The molecule has 30 heavy (non-hydrogen) atoms. The number of rotatable bonds is 8. The summed E-state index contributed by atoms with van der Waals surface area (Å²) in [6.07, 6.45) is 5.52. The Labute approximate surface area is 185 Å². The van der Waals surface area contributed by atoms with E-state index in [4.69, 9.17) is 16.3 Å². The number of anilines is 1. The van der Waals surface area contributed by atoms with Gasteiger partial charge in [0.1, 0.15) is 11.9 Å². The number of carbonyl (C=O) groups excluding carboxylic acids is 1. The fourth-order valence-corrected chi connectivity index (χ4v) is 4.28. The van der Waals surface area contributed by atoms with E-state index in [0.717, 1.165) is 41.2 Å². The molecule has 0 saturated heterocycles. The summed E-state index contributed by atoms with van der Waals surface area (Å²) in [7, 11) is 4.16. The van der Waals surface area contributed by atoms with Crippen LogP contribution in [-0.2, 0) is 6.54 Å². The van der Waals surface area contributed by atoms with Crippen LogP contribution in [0, 0.1) is 0 Å². The smallest absolute Gasteiger partial charge is 0.410 e. The first-order valence-electron chi connectivity index (χ1n) is 10.8. The van der Waals surface area contributed by atoms with Gasteiger partial charge >= 0.3 is 6.09 Å². The van der Waals surface area contributed by atoms with Gasteiger partial charge in [0.2, 0.25) is 0 Å². The van der Waals surface area contributed by atoms with Crippen molar-refractivity contribution in [1.82, 2.24) is 10.2 Å². The molecule has 0 bridgehead atoms. The molecule has 1 aliphatic heterocycles. The Bertz CT molecular complexity index is 858. The second-order valence-corrected chi connectivity index (χ2v) is 8.41. The summed E-state index contributed by atoms with van der Waals surface area (Å²) in [6.45, 7) is 3.61. The van der Waals surface area contributed by atoms with Gasteiger partial charge in [-0.05, 0) is 54.9 Å². The molecule has 0 aliphatic carbocycles. The van der Waals surface area contributed by atoms with Crippen molar-refractivity contribution in [2.45, 2.75) is 51.7 Å². The van der Waals surface area contributed by atoms with E-state index in [1.165, 1.54) is 19.3 Å². The molecule has 1 heterocycles. The number of ether oxygens (including phenoxy) is 1. The van der Waals surface area contributed by atoms with Gasteiger partial charge in [0, 0.05) is 30.8 Å². The van der Waals surface area contributed by atoms with E-state index in [2.05, 4.69) is 42.2 Å². The number of nitrogens with zero attached hydrogens (tertiary/aromatic N) is 2. The van der Waals surface area contributed by atoms with Crippen molar-refractivity contribution >= 4 is 23.4 Å². The Kier molecular flexibility index (Phi) is 8.00. The standard InChI is InChI=1S/C24H32ClN3O2/c1-4-5-6-7-8-14-26-24(29)30-21-12-13-22-19(16-21)17-27(2)23(28(22)3)18-10-9-11-20(25)15-18/h9-13,15-16,23H,4-8,14,17H2,1-3H3,(H,26,29). The summed E-state index contributed by atoms with van der Waals surface area (Å²) in [5.41, 5.74) is 3.40. The van der Waals surface area contributed by atoms with Crippen LogP contribution in [0.1, 0.15) is 56.3 Å². The monoisotopic (exact) mass is 429 g/mol. The number of amides is 1. The highest BCUT2D eigenvalue weighted by Crippen LogP contribution is 2.38. The van der Waals surface area contributed by atoms with Crippen LogP contribution in [0.25, 0.3) is 0 Å². The minimum absolute atomic E-state index is 0.0963. The Morgan fingerprint density at radius 2 is 1.93 bits per heavy atom. The van der Waals surface area contributed by atoms with E-state index in [0.29, 0.717) is 12.3 Å². The second kappa shape index (κ2) is 10.7. The van der Waals surface area contributed by atoms with Crippen molar-refractivity contribution in [2.24, 2.45) is 0 Å². The first-order chi connectivity index (χ1) is 14.5. The van der Waals surface area contributed by atoms with Crippen LogP contribution < -0.4 is 15.0 Å². The molecule has 5 nitrogen and oxygen atoms in total. The van der Waals surface area contributed by atoms with Crippen LogP contribution in [0.3, 0.4) is 0 Å². The summed E-state index contributed by atoms with van der Waals surface area (Å²) in [5.74, 6) is 0.570. The highest BCUT2D eigenvalue weighted by molar-refractivity contribution is 6.30. The minimum atomic E-state index is -0.389. The number of unbranched alkanes of at least 4 members (excludes halogenated alkanes) is 4. The zero-order valence-electron chi connectivity index (χ0n) is 18.2. The first kappa shape index (κ1) is 22.4. The number of halogens is 1. The summed E-state index contributed by atoms with van der Waals surface area (Å²) in [6, 6.07) is 13.8. The summed E-state index contributed by atoms with van der Waals surface area (Å²) in [4.78, 5) is 16.6. The third-order valence-electron chi connectivity index (χ3n) is 5.54. The molecule has 1 N–H and O–H groups in total. The molecule has 0 aromatic heterocycles. The van der Waals surface area contributed by atoms with Gasteiger partial charge < -0.3 is 15.0 Å². The average molecular weight is 430 g/mol. The quantitative estimate of drug-likeness (QED) is 0.524. The van der Waals surface area contributed by atoms with Crippen molar-refractivity contribution in [3.05, 3.63) is 58.6 Å². The number of benzene rings is 2. The van der Waals surface area contributed by atoms with E-state index in [9.17, 15) is 4.79 Å². The molecule has 0 spiro atoms. The van der Waals surface area contributed by atoms with E-state index < -0.39 is 0 Å². The van der Waals surface area contributed by atoms with Crippen molar-refractivity contribution < 1.29 is 9.53 Å². The molecule has 1 amide bonds. The lowest BCUT2D eigenvalue weighted by Gasteiger charge is -2.42. The molecule has 3 rings (SSSR count). The van der Waals surface area contributed by atoms with Crippen LogP contribution in [-0.4, -0.2) is 31.6 Å². The Morgan fingerprint density at radius 1 is 1.13 bits per heavy atom. The molecule has 6 heteroatoms. The lowest BCUT2D eigenvalue weighted by atomic mass is 10.0. The van der Waals surface area contributed by atoms with Crippen LogP contribution >= 0.6 is 11.6 Å². The molecule has 1 atom stereocenters. The van der Waals surface area contributed by atoms with Crippen molar-refractivity contribution in [3.8, 4) is 5.75 Å². The first-order valence-corrected chi connectivity index (χ1v) is 11.1. The largest absolute Gasteiger partial charge is 0.412 e. The van der Waals surface area contributed by atoms with Crippen LogP contribution in [0.4, 0.5) is 10.5 Å². The predicted molar refractivity (Wildman–Crippen MR) is 123 cm³/mol. The third kappa shape index (κ3) is 5.67. The molecule has 2 aromatic rings. The van der Waals surface area contributed by atoms with Crippen molar-refractivity contribution in [1.29, 1.82) is 0 Å². The van der Waals surface area contributed by atoms with E-state index >= 15 is 0 Å². The van der Waals surface area contributed by atoms with Crippen molar-refractivity contribution in [3.63, 3.8) is 0 Å². The average Bonchev–Trinajstić information content (AvgIpc) is 2.70. The van der Waals surface area contributed by atoms with Gasteiger partial charge in [-0.3, -0.25) is 4.90 Å². The summed E-state index contributed by atoms with van der Waals surface area (Å²) in [5, 5.41) is 3.58. The maximum Gasteiger partial charge on any atom is 0.412 e. The van der Waals surface area contributed by atoms with E-state index in [-0.39, 0.29) is 12.3 Å². The fourth-order valence-electron chi connectivity index (χ4n) is 4.09. The number of hydrogen-bond acceptors (Lipinski definition) is 4. The number of hydrogen-bond donors (Lipinski definition) is 1. The molecule has 0 saturated carbocycles. The lowest BCUT2D eigenvalue weighted by Crippen LogP contribution is -2.41. The molecule has 1 aliphatic rings. The molecule has 2 aromatic carbocycles. The predicted octanol–water partition coefficient (Wildman–Crippen LogP) is 5.98. The summed E-state index contributed by atoms with van der Waals surface area (Å²) >= 11 is 6.21. The topological polar surface area (TPSA) is 44.8 Å². The molecular weight excluding hydrogens is 398 g/mol.